The largest absolute Gasteiger partial charge is 0.396 e. The van der Waals surface area contributed by atoms with Gasteiger partial charge < -0.3 is 20.5 Å². The zero-order valence-corrected chi connectivity index (χ0v) is 13.9. The number of nitrogen functional groups attached to an aromatic ring is 1. The first-order valence-corrected chi connectivity index (χ1v) is 8.01. The molecule has 1 aromatic carbocycles. The van der Waals surface area contributed by atoms with Gasteiger partial charge in [-0.25, -0.2) is 0 Å². The summed E-state index contributed by atoms with van der Waals surface area (Å²) < 4.78 is 11.1. The van der Waals surface area contributed by atoms with Gasteiger partial charge in [-0.1, -0.05) is 23.2 Å². The predicted molar refractivity (Wildman–Crippen MR) is 88.5 cm³/mol. The number of carbonyl (C=O) groups excluding carboxylic acids is 1. The molecule has 0 bridgehead atoms. The molecule has 0 spiro atoms. The molecule has 0 saturated carbocycles. The molecule has 22 heavy (non-hydrogen) atoms. The third kappa shape index (κ3) is 4.74. The number of amides is 1. The van der Waals surface area contributed by atoms with Crippen LogP contribution >= 0.6 is 23.2 Å². The SMILES string of the molecule is C[C@H](OC[C@H]1CCCCO1)C(=O)Nc1cc(Cl)c(N)c(Cl)c1. The Hall–Kier alpha value is -1.01. The predicted octanol–water partition coefficient (Wildman–Crippen LogP) is 3.49. The highest BCUT2D eigenvalue weighted by Crippen LogP contribution is 2.31. The molecule has 0 aliphatic carbocycles. The van der Waals surface area contributed by atoms with E-state index in [-0.39, 0.29) is 12.0 Å². The van der Waals surface area contributed by atoms with Crippen LogP contribution in [0.3, 0.4) is 0 Å². The second-order valence-electron chi connectivity index (χ2n) is 5.31. The minimum absolute atomic E-state index is 0.0735. The first-order valence-electron chi connectivity index (χ1n) is 7.26. The summed E-state index contributed by atoms with van der Waals surface area (Å²) in [5, 5.41) is 3.31. The number of rotatable bonds is 5. The number of carbonyl (C=O) groups is 1. The average molecular weight is 347 g/mol. The van der Waals surface area contributed by atoms with Gasteiger partial charge in [0.15, 0.2) is 0 Å². The number of ether oxygens (including phenoxy) is 2. The van der Waals surface area contributed by atoms with Gasteiger partial charge in [-0.15, -0.1) is 0 Å². The molecule has 1 saturated heterocycles. The van der Waals surface area contributed by atoms with Crippen molar-refractivity contribution < 1.29 is 14.3 Å². The van der Waals surface area contributed by atoms with Crippen LogP contribution in [0.4, 0.5) is 11.4 Å². The van der Waals surface area contributed by atoms with E-state index in [1.54, 1.807) is 19.1 Å². The molecule has 3 N–H and O–H groups in total. The lowest BCUT2D eigenvalue weighted by Crippen LogP contribution is -2.32. The molecule has 122 valence electrons. The van der Waals surface area contributed by atoms with Gasteiger partial charge in [0.25, 0.3) is 5.91 Å². The maximum Gasteiger partial charge on any atom is 0.253 e. The lowest BCUT2D eigenvalue weighted by Gasteiger charge is -2.24. The average Bonchev–Trinajstić information content (AvgIpc) is 2.51. The van der Waals surface area contributed by atoms with Crippen molar-refractivity contribution >= 4 is 40.5 Å². The standard InChI is InChI=1S/C15H20Cl2N2O3/c1-9(22-8-11-4-2-3-5-21-11)15(20)19-10-6-12(16)14(18)13(17)7-10/h6-7,9,11H,2-5,8,18H2,1H3,(H,19,20)/t9-,11+/m0/s1. The van der Waals surface area contributed by atoms with Crippen LogP contribution in [0.15, 0.2) is 12.1 Å². The summed E-state index contributed by atoms with van der Waals surface area (Å²) in [5.41, 5.74) is 6.43. The third-order valence-corrected chi connectivity index (χ3v) is 4.15. The molecule has 0 unspecified atom stereocenters. The highest BCUT2D eigenvalue weighted by atomic mass is 35.5. The Morgan fingerprint density at radius 3 is 2.73 bits per heavy atom. The smallest absolute Gasteiger partial charge is 0.253 e. The van der Waals surface area contributed by atoms with E-state index in [1.165, 1.54) is 0 Å². The summed E-state index contributed by atoms with van der Waals surface area (Å²) in [6.45, 7) is 2.87. The number of benzene rings is 1. The minimum Gasteiger partial charge on any atom is -0.396 e. The number of halogens is 2. The summed E-state index contributed by atoms with van der Waals surface area (Å²) in [6.07, 6.45) is 2.67. The number of hydrogen-bond donors (Lipinski definition) is 2. The highest BCUT2D eigenvalue weighted by Gasteiger charge is 2.19. The van der Waals surface area contributed by atoms with Crippen molar-refractivity contribution in [3.05, 3.63) is 22.2 Å². The van der Waals surface area contributed by atoms with Crippen LogP contribution in [-0.4, -0.2) is 31.3 Å². The van der Waals surface area contributed by atoms with Crippen LogP contribution in [-0.2, 0) is 14.3 Å². The number of nitrogens with one attached hydrogen (secondary N) is 1. The first kappa shape index (κ1) is 17.3. The Labute approximate surface area is 140 Å². The van der Waals surface area contributed by atoms with Crippen LogP contribution in [0.2, 0.25) is 10.0 Å². The van der Waals surface area contributed by atoms with E-state index >= 15 is 0 Å². The van der Waals surface area contributed by atoms with Gasteiger partial charge in [0.05, 0.1) is 28.4 Å². The summed E-state index contributed by atoms with van der Waals surface area (Å²) in [5.74, 6) is -0.271. The Balaban J connectivity index is 1.85. The molecule has 1 fully saturated rings. The molecule has 1 aliphatic rings. The van der Waals surface area contributed by atoms with Gasteiger partial charge >= 0.3 is 0 Å². The fraction of sp³-hybridized carbons (Fsp3) is 0.533. The molecule has 2 rings (SSSR count). The van der Waals surface area contributed by atoms with Crippen LogP contribution in [0.25, 0.3) is 0 Å². The van der Waals surface area contributed by atoms with Crippen molar-refractivity contribution in [1.29, 1.82) is 0 Å². The monoisotopic (exact) mass is 346 g/mol. The quantitative estimate of drug-likeness (QED) is 0.800. The topological polar surface area (TPSA) is 73.6 Å². The lowest BCUT2D eigenvalue weighted by atomic mass is 10.1. The van der Waals surface area contributed by atoms with Crippen molar-refractivity contribution in [3.8, 4) is 0 Å². The summed E-state index contributed by atoms with van der Waals surface area (Å²) in [4.78, 5) is 12.1. The Morgan fingerprint density at radius 1 is 1.45 bits per heavy atom. The van der Waals surface area contributed by atoms with Crippen molar-refractivity contribution in [2.24, 2.45) is 0 Å². The molecule has 1 aliphatic heterocycles. The van der Waals surface area contributed by atoms with E-state index in [4.69, 9.17) is 38.4 Å². The molecular formula is C15H20Cl2N2O3. The summed E-state index contributed by atoms with van der Waals surface area (Å²) >= 11 is 11.9. The molecule has 1 aromatic rings. The van der Waals surface area contributed by atoms with Crippen LogP contribution in [0.1, 0.15) is 26.2 Å². The normalized spacial score (nSPS) is 19.7. The molecule has 1 amide bonds. The Kier molecular flexibility index (Phi) is 6.32. The number of anilines is 2. The second kappa shape index (κ2) is 8.02. The van der Waals surface area contributed by atoms with Crippen LogP contribution in [0.5, 0.6) is 0 Å². The molecule has 0 aromatic heterocycles. The van der Waals surface area contributed by atoms with Gasteiger partial charge in [0.2, 0.25) is 0 Å². The molecule has 5 nitrogen and oxygen atoms in total. The zero-order valence-electron chi connectivity index (χ0n) is 12.4. The van der Waals surface area contributed by atoms with Gasteiger partial charge in [-0.2, -0.15) is 0 Å². The van der Waals surface area contributed by atoms with Crippen molar-refractivity contribution in [1.82, 2.24) is 0 Å². The molecule has 1 heterocycles. The number of hydrogen-bond acceptors (Lipinski definition) is 4. The van der Waals surface area contributed by atoms with E-state index in [0.717, 1.165) is 25.9 Å². The summed E-state index contributed by atoms with van der Waals surface area (Å²) in [6, 6.07) is 3.11. The first-order chi connectivity index (χ1) is 10.5. The van der Waals surface area contributed by atoms with Gasteiger partial charge in [-0.3, -0.25) is 4.79 Å². The lowest BCUT2D eigenvalue weighted by molar-refractivity contribution is -0.130. The van der Waals surface area contributed by atoms with Gasteiger partial charge in [-0.05, 0) is 38.3 Å². The van der Waals surface area contributed by atoms with E-state index in [1.807, 2.05) is 0 Å². The maximum atomic E-state index is 12.1. The fourth-order valence-corrected chi connectivity index (χ4v) is 2.65. The third-order valence-electron chi connectivity index (χ3n) is 3.52. The van der Waals surface area contributed by atoms with Crippen molar-refractivity contribution in [2.45, 2.75) is 38.4 Å². The van der Waals surface area contributed by atoms with E-state index in [2.05, 4.69) is 5.32 Å². The van der Waals surface area contributed by atoms with E-state index in [9.17, 15) is 4.79 Å². The van der Waals surface area contributed by atoms with E-state index in [0.29, 0.717) is 28.0 Å². The Bertz CT molecular complexity index is 511. The number of nitrogens with two attached hydrogens (primary N) is 1. The van der Waals surface area contributed by atoms with Crippen LogP contribution < -0.4 is 11.1 Å². The van der Waals surface area contributed by atoms with E-state index < -0.39 is 6.10 Å². The maximum absolute atomic E-state index is 12.1. The molecule has 7 heteroatoms. The van der Waals surface area contributed by atoms with Gasteiger partial charge in [0.1, 0.15) is 6.10 Å². The summed E-state index contributed by atoms with van der Waals surface area (Å²) in [7, 11) is 0. The zero-order chi connectivity index (χ0) is 16.1. The Morgan fingerprint density at radius 2 is 2.14 bits per heavy atom. The highest BCUT2D eigenvalue weighted by molar-refractivity contribution is 6.39. The fourth-order valence-electron chi connectivity index (χ4n) is 2.17. The van der Waals surface area contributed by atoms with Crippen molar-refractivity contribution in [3.63, 3.8) is 0 Å². The minimum atomic E-state index is -0.597. The molecule has 0 radical (unpaired) electrons. The second-order valence-corrected chi connectivity index (χ2v) is 6.12. The molecular weight excluding hydrogens is 327 g/mol. The van der Waals surface area contributed by atoms with Gasteiger partial charge in [0, 0.05) is 12.3 Å². The molecule has 2 atom stereocenters. The van der Waals surface area contributed by atoms with Crippen molar-refractivity contribution in [2.75, 3.05) is 24.3 Å². The van der Waals surface area contributed by atoms with Crippen LogP contribution in [0, 0.1) is 0 Å².